The molecule has 2 saturated carbocycles. The Hall–Kier alpha value is -0.0800. The number of nitrogens with one attached hydrogen (secondary N) is 1. The van der Waals surface area contributed by atoms with Crippen molar-refractivity contribution in [1.82, 2.24) is 10.2 Å². The first-order valence-electron chi connectivity index (χ1n) is 7.81. The Morgan fingerprint density at radius 1 is 1.00 bits per heavy atom. The van der Waals surface area contributed by atoms with Crippen LogP contribution in [0.2, 0.25) is 0 Å². The van der Waals surface area contributed by atoms with Gasteiger partial charge in [0.25, 0.3) is 0 Å². The lowest BCUT2D eigenvalue weighted by Crippen LogP contribution is -2.63. The van der Waals surface area contributed by atoms with Gasteiger partial charge in [-0.3, -0.25) is 4.90 Å². The summed E-state index contributed by atoms with van der Waals surface area (Å²) in [4.78, 5) is 2.84. The Balaban J connectivity index is 1.79. The predicted octanol–water partition coefficient (Wildman–Crippen LogP) is 3.03. The number of rotatable bonds is 1. The number of hydrogen-bond acceptors (Lipinski definition) is 2. The zero-order valence-electron chi connectivity index (χ0n) is 12.8. The van der Waals surface area contributed by atoms with Crippen LogP contribution in [0.3, 0.4) is 0 Å². The zero-order valence-corrected chi connectivity index (χ0v) is 12.8. The molecule has 2 nitrogen and oxygen atoms in total. The van der Waals surface area contributed by atoms with E-state index in [0.717, 1.165) is 6.04 Å². The van der Waals surface area contributed by atoms with Crippen LogP contribution in [0.1, 0.15) is 60.3 Å². The average Bonchev–Trinajstić information content (AvgIpc) is 2.66. The molecule has 1 spiro atoms. The molecule has 1 atom stereocenters. The summed E-state index contributed by atoms with van der Waals surface area (Å²) in [6, 6.07) is 1.47. The van der Waals surface area contributed by atoms with Gasteiger partial charge in [-0.25, -0.2) is 0 Å². The molecule has 1 unspecified atom stereocenters. The number of nitrogens with zero attached hydrogens (tertiary/aromatic N) is 1. The third-order valence-corrected chi connectivity index (χ3v) is 6.66. The topological polar surface area (TPSA) is 15.3 Å². The quantitative estimate of drug-likeness (QED) is 0.769. The molecule has 3 rings (SSSR count). The average molecular weight is 250 g/mol. The summed E-state index contributed by atoms with van der Waals surface area (Å²) in [5, 5.41) is 3.87. The summed E-state index contributed by atoms with van der Waals surface area (Å²) in [5.41, 5.74) is 1.43. The molecule has 0 aromatic carbocycles. The fourth-order valence-electron chi connectivity index (χ4n) is 4.77. The summed E-state index contributed by atoms with van der Waals surface area (Å²) >= 11 is 0. The van der Waals surface area contributed by atoms with E-state index in [1.807, 2.05) is 0 Å². The van der Waals surface area contributed by atoms with E-state index in [0.29, 0.717) is 22.4 Å². The van der Waals surface area contributed by atoms with Crippen LogP contribution in [0.15, 0.2) is 0 Å². The third-order valence-electron chi connectivity index (χ3n) is 6.66. The van der Waals surface area contributed by atoms with Crippen molar-refractivity contribution in [3.05, 3.63) is 0 Å². The molecule has 0 aromatic heterocycles. The molecular weight excluding hydrogens is 220 g/mol. The maximum atomic E-state index is 3.87. The smallest absolute Gasteiger partial charge is 0.0309 e. The Morgan fingerprint density at radius 2 is 1.56 bits per heavy atom. The van der Waals surface area contributed by atoms with Gasteiger partial charge in [-0.05, 0) is 30.6 Å². The van der Waals surface area contributed by atoms with Gasteiger partial charge in [-0.15, -0.1) is 0 Å². The van der Waals surface area contributed by atoms with E-state index in [9.17, 15) is 0 Å². The monoisotopic (exact) mass is 250 g/mol. The van der Waals surface area contributed by atoms with Crippen LogP contribution in [0.25, 0.3) is 0 Å². The standard InChI is InChI=1S/C16H30N2/c1-12-10-17-16(8-6-7-9-16)11-18(12)13-14(2,3)15(13,4)5/h12-13,17H,6-11H2,1-5H3. The van der Waals surface area contributed by atoms with Gasteiger partial charge in [0.2, 0.25) is 0 Å². The van der Waals surface area contributed by atoms with Gasteiger partial charge in [-0.1, -0.05) is 40.5 Å². The summed E-state index contributed by atoms with van der Waals surface area (Å²) in [6.07, 6.45) is 5.63. The van der Waals surface area contributed by atoms with Crippen molar-refractivity contribution >= 4 is 0 Å². The maximum absolute atomic E-state index is 3.87. The van der Waals surface area contributed by atoms with Crippen LogP contribution in [-0.2, 0) is 0 Å². The van der Waals surface area contributed by atoms with Gasteiger partial charge in [-0.2, -0.15) is 0 Å². The van der Waals surface area contributed by atoms with Crippen molar-refractivity contribution in [2.24, 2.45) is 10.8 Å². The highest BCUT2D eigenvalue weighted by molar-refractivity contribution is 5.20. The molecule has 0 radical (unpaired) electrons. The molecule has 1 N–H and O–H groups in total. The SMILES string of the molecule is CC1CNC2(CCCC2)CN1C1C(C)(C)C1(C)C. The fourth-order valence-corrected chi connectivity index (χ4v) is 4.77. The first-order chi connectivity index (χ1) is 8.30. The Morgan fingerprint density at radius 3 is 2.06 bits per heavy atom. The largest absolute Gasteiger partial charge is 0.308 e. The van der Waals surface area contributed by atoms with E-state index in [2.05, 4.69) is 44.8 Å². The molecule has 1 saturated heterocycles. The van der Waals surface area contributed by atoms with Crippen molar-refractivity contribution in [2.45, 2.75) is 77.9 Å². The predicted molar refractivity (Wildman–Crippen MR) is 76.7 cm³/mol. The van der Waals surface area contributed by atoms with Crippen LogP contribution in [0, 0.1) is 10.8 Å². The van der Waals surface area contributed by atoms with Crippen LogP contribution in [-0.4, -0.2) is 35.6 Å². The molecule has 2 heteroatoms. The lowest BCUT2D eigenvalue weighted by molar-refractivity contribution is 0.0662. The zero-order chi connectivity index (χ0) is 13.2. The van der Waals surface area contributed by atoms with Crippen LogP contribution in [0.4, 0.5) is 0 Å². The van der Waals surface area contributed by atoms with E-state index in [1.165, 1.54) is 38.8 Å². The third kappa shape index (κ3) is 1.61. The Kier molecular flexibility index (Phi) is 2.68. The van der Waals surface area contributed by atoms with Crippen molar-refractivity contribution in [3.63, 3.8) is 0 Å². The molecule has 1 aliphatic heterocycles. The summed E-state index contributed by atoms with van der Waals surface area (Å²) in [5.74, 6) is 0. The molecule has 0 aromatic rings. The molecule has 18 heavy (non-hydrogen) atoms. The van der Waals surface area contributed by atoms with Crippen molar-refractivity contribution < 1.29 is 0 Å². The van der Waals surface area contributed by atoms with Crippen molar-refractivity contribution in [3.8, 4) is 0 Å². The lowest BCUT2D eigenvalue weighted by Gasteiger charge is -2.46. The highest BCUT2D eigenvalue weighted by atomic mass is 15.3. The van der Waals surface area contributed by atoms with E-state index in [-0.39, 0.29) is 0 Å². The van der Waals surface area contributed by atoms with Gasteiger partial charge < -0.3 is 5.32 Å². The molecule has 1 heterocycles. The highest BCUT2D eigenvalue weighted by Crippen LogP contribution is 2.66. The van der Waals surface area contributed by atoms with Crippen LogP contribution < -0.4 is 5.32 Å². The molecule has 104 valence electrons. The minimum absolute atomic E-state index is 0.460. The summed E-state index contributed by atoms with van der Waals surface area (Å²) < 4.78 is 0. The van der Waals surface area contributed by atoms with E-state index in [4.69, 9.17) is 0 Å². The second kappa shape index (κ2) is 3.73. The number of hydrogen-bond donors (Lipinski definition) is 1. The lowest BCUT2D eigenvalue weighted by atomic mass is 9.92. The Labute approximate surface area is 113 Å². The molecular formula is C16H30N2. The van der Waals surface area contributed by atoms with Crippen LogP contribution in [0.5, 0.6) is 0 Å². The summed E-state index contributed by atoms with van der Waals surface area (Å²) in [7, 11) is 0. The molecule has 0 bridgehead atoms. The van der Waals surface area contributed by atoms with Crippen molar-refractivity contribution in [1.29, 1.82) is 0 Å². The molecule has 2 aliphatic carbocycles. The second-order valence-corrected chi connectivity index (χ2v) is 8.24. The maximum Gasteiger partial charge on any atom is 0.0309 e. The second-order valence-electron chi connectivity index (χ2n) is 8.24. The normalized spacial score (nSPS) is 38.2. The fraction of sp³-hybridized carbons (Fsp3) is 1.00. The van der Waals surface area contributed by atoms with Gasteiger partial charge >= 0.3 is 0 Å². The Bertz CT molecular complexity index is 325. The first-order valence-corrected chi connectivity index (χ1v) is 7.81. The first kappa shape index (κ1) is 12.9. The molecule has 3 fully saturated rings. The minimum atomic E-state index is 0.460. The highest BCUT2D eigenvalue weighted by Gasteiger charge is 2.68. The van der Waals surface area contributed by atoms with E-state index >= 15 is 0 Å². The van der Waals surface area contributed by atoms with Gasteiger partial charge in [0, 0.05) is 30.7 Å². The van der Waals surface area contributed by atoms with Crippen molar-refractivity contribution in [2.75, 3.05) is 13.1 Å². The van der Waals surface area contributed by atoms with Crippen LogP contribution >= 0.6 is 0 Å². The van der Waals surface area contributed by atoms with E-state index in [1.54, 1.807) is 0 Å². The van der Waals surface area contributed by atoms with Gasteiger partial charge in [0.05, 0.1) is 0 Å². The van der Waals surface area contributed by atoms with Gasteiger partial charge in [0.15, 0.2) is 0 Å². The minimum Gasteiger partial charge on any atom is -0.308 e. The molecule has 0 amide bonds. The molecule has 3 aliphatic rings. The number of piperazine rings is 1. The summed E-state index contributed by atoms with van der Waals surface area (Å²) in [6.45, 7) is 14.7. The van der Waals surface area contributed by atoms with Gasteiger partial charge in [0.1, 0.15) is 0 Å². The van der Waals surface area contributed by atoms with E-state index < -0.39 is 0 Å².